The summed E-state index contributed by atoms with van der Waals surface area (Å²) in [6, 6.07) is 3.88. The van der Waals surface area contributed by atoms with Gasteiger partial charge in [-0.1, -0.05) is 26.2 Å². The predicted molar refractivity (Wildman–Crippen MR) is 75.6 cm³/mol. The molecule has 1 aliphatic carbocycles. The van der Waals surface area contributed by atoms with Crippen LogP contribution in [-0.4, -0.2) is 22.1 Å². The molecule has 1 aromatic rings. The van der Waals surface area contributed by atoms with E-state index in [1.807, 2.05) is 0 Å². The lowest BCUT2D eigenvalue weighted by Crippen LogP contribution is -2.27. The lowest BCUT2D eigenvalue weighted by molar-refractivity contribution is 0.0695. The molecule has 1 heterocycles. The molecule has 1 saturated carbocycles. The summed E-state index contributed by atoms with van der Waals surface area (Å²) in [4.78, 5) is 15.3. The van der Waals surface area contributed by atoms with Gasteiger partial charge >= 0.3 is 5.97 Å². The third-order valence-corrected chi connectivity index (χ3v) is 4.03. The Morgan fingerprint density at radius 3 is 2.89 bits per heavy atom. The monoisotopic (exact) mass is 262 g/mol. The van der Waals surface area contributed by atoms with Crippen LogP contribution in [0.1, 0.15) is 55.1 Å². The van der Waals surface area contributed by atoms with Crippen LogP contribution in [0.2, 0.25) is 0 Å². The first kappa shape index (κ1) is 13.8. The average molecular weight is 262 g/mol. The number of hydrogen-bond donors (Lipinski definition) is 2. The summed E-state index contributed by atoms with van der Waals surface area (Å²) >= 11 is 0. The Kier molecular flexibility index (Phi) is 4.40. The van der Waals surface area contributed by atoms with Crippen molar-refractivity contribution in [1.82, 2.24) is 4.98 Å². The average Bonchev–Trinajstić information content (AvgIpc) is 2.38. The normalized spacial score (nSPS) is 23.1. The lowest BCUT2D eigenvalue weighted by Gasteiger charge is -2.29. The number of pyridine rings is 1. The Hall–Kier alpha value is -1.58. The highest BCUT2D eigenvalue weighted by Gasteiger charge is 2.21. The van der Waals surface area contributed by atoms with Crippen LogP contribution in [0.25, 0.3) is 0 Å². The van der Waals surface area contributed by atoms with Crippen molar-refractivity contribution in [1.29, 1.82) is 0 Å². The van der Waals surface area contributed by atoms with Crippen LogP contribution in [0.15, 0.2) is 12.1 Å². The summed E-state index contributed by atoms with van der Waals surface area (Å²) in [7, 11) is 0. The van der Waals surface area contributed by atoms with Crippen molar-refractivity contribution in [2.24, 2.45) is 5.92 Å². The second-order valence-corrected chi connectivity index (χ2v) is 5.42. The first-order chi connectivity index (χ1) is 9.10. The van der Waals surface area contributed by atoms with Gasteiger partial charge in [0.25, 0.3) is 0 Å². The molecular weight excluding hydrogens is 240 g/mol. The summed E-state index contributed by atoms with van der Waals surface area (Å²) < 4.78 is 0. The summed E-state index contributed by atoms with van der Waals surface area (Å²) in [5, 5.41) is 12.4. The molecule has 2 atom stereocenters. The fraction of sp³-hybridized carbons (Fsp3) is 0.600. The highest BCUT2D eigenvalue weighted by atomic mass is 16.4. The summed E-state index contributed by atoms with van der Waals surface area (Å²) in [6.45, 7) is 3.99. The van der Waals surface area contributed by atoms with E-state index in [2.05, 4.69) is 17.2 Å². The number of rotatable bonds is 4. The van der Waals surface area contributed by atoms with Gasteiger partial charge in [-0.25, -0.2) is 9.78 Å². The van der Waals surface area contributed by atoms with Crippen molar-refractivity contribution in [2.45, 2.75) is 52.0 Å². The number of hydrogen-bond acceptors (Lipinski definition) is 3. The molecule has 0 saturated heterocycles. The van der Waals surface area contributed by atoms with Gasteiger partial charge in [0.2, 0.25) is 0 Å². The van der Waals surface area contributed by atoms with Gasteiger partial charge in [0, 0.05) is 6.04 Å². The molecule has 0 aromatic carbocycles. The van der Waals surface area contributed by atoms with Crippen LogP contribution in [0.5, 0.6) is 0 Å². The molecule has 1 aromatic heterocycles. The maximum Gasteiger partial charge on any atom is 0.337 e. The number of carboxylic acids is 1. The van der Waals surface area contributed by atoms with E-state index >= 15 is 0 Å². The fourth-order valence-electron chi connectivity index (χ4n) is 2.87. The lowest BCUT2D eigenvalue weighted by atomic mass is 9.84. The van der Waals surface area contributed by atoms with E-state index < -0.39 is 5.97 Å². The topological polar surface area (TPSA) is 62.2 Å². The van der Waals surface area contributed by atoms with E-state index in [0.717, 1.165) is 11.7 Å². The second-order valence-electron chi connectivity index (χ2n) is 5.42. The van der Waals surface area contributed by atoms with Gasteiger partial charge < -0.3 is 10.4 Å². The summed E-state index contributed by atoms with van der Waals surface area (Å²) in [5.74, 6) is 0.690. The molecule has 0 amide bonds. The molecule has 0 spiro atoms. The number of carbonyl (C=O) groups is 1. The smallest absolute Gasteiger partial charge is 0.337 e. The summed E-state index contributed by atoms with van der Waals surface area (Å²) in [6.07, 6.45) is 6.21. The Labute approximate surface area is 114 Å². The SMILES string of the molecule is CCC1CCCC(Nc2ccc(C(=O)O)c(C)n2)C1. The zero-order valence-corrected chi connectivity index (χ0v) is 11.6. The molecule has 0 aliphatic heterocycles. The van der Waals surface area contributed by atoms with Crippen LogP contribution >= 0.6 is 0 Å². The van der Waals surface area contributed by atoms with Crippen LogP contribution < -0.4 is 5.32 Å². The molecule has 4 nitrogen and oxygen atoms in total. The molecular formula is C15H22N2O2. The predicted octanol–water partition coefficient (Wildman–Crippen LogP) is 3.47. The molecule has 2 N–H and O–H groups in total. The maximum atomic E-state index is 10.9. The second kappa shape index (κ2) is 6.04. The quantitative estimate of drug-likeness (QED) is 0.872. The Morgan fingerprint density at radius 1 is 1.47 bits per heavy atom. The Bertz CT molecular complexity index is 459. The van der Waals surface area contributed by atoms with Gasteiger partial charge in [0.1, 0.15) is 5.82 Å². The first-order valence-electron chi connectivity index (χ1n) is 7.07. The van der Waals surface area contributed by atoms with Crippen molar-refractivity contribution < 1.29 is 9.90 Å². The van der Waals surface area contributed by atoms with Crippen LogP contribution in [0.4, 0.5) is 5.82 Å². The third-order valence-electron chi connectivity index (χ3n) is 4.03. The molecule has 2 rings (SSSR count). The molecule has 1 aliphatic rings. The number of nitrogens with one attached hydrogen (secondary N) is 1. The van der Waals surface area contributed by atoms with Gasteiger partial charge in [0.05, 0.1) is 11.3 Å². The van der Waals surface area contributed by atoms with Crippen molar-refractivity contribution in [3.8, 4) is 0 Å². The van der Waals surface area contributed by atoms with Crippen LogP contribution in [0.3, 0.4) is 0 Å². The van der Waals surface area contributed by atoms with Crippen LogP contribution in [-0.2, 0) is 0 Å². The van der Waals surface area contributed by atoms with E-state index in [9.17, 15) is 4.79 Å². The highest BCUT2D eigenvalue weighted by molar-refractivity contribution is 5.89. The Morgan fingerprint density at radius 2 is 2.26 bits per heavy atom. The molecule has 0 bridgehead atoms. The fourth-order valence-corrected chi connectivity index (χ4v) is 2.87. The molecule has 104 valence electrons. The minimum atomic E-state index is -0.916. The number of anilines is 1. The number of nitrogens with zero attached hydrogens (tertiary/aromatic N) is 1. The standard InChI is InChI=1S/C15H22N2O2/c1-3-11-5-4-6-12(9-11)17-14-8-7-13(15(18)19)10(2)16-14/h7-8,11-12H,3-6,9H2,1-2H3,(H,16,17)(H,18,19). The van der Waals surface area contributed by atoms with Crippen molar-refractivity contribution in [2.75, 3.05) is 5.32 Å². The van der Waals surface area contributed by atoms with E-state index in [4.69, 9.17) is 5.11 Å². The summed E-state index contributed by atoms with van der Waals surface area (Å²) in [5.41, 5.74) is 0.848. The van der Waals surface area contributed by atoms with Crippen LogP contribution in [0, 0.1) is 12.8 Å². The Balaban J connectivity index is 2.03. The zero-order valence-electron chi connectivity index (χ0n) is 11.6. The van der Waals surface area contributed by atoms with Gasteiger partial charge in [0.15, 0.2) is 0 Å². The number of aromatic carboxylic acids is 1. The van der Waals surface area contributed by atoms with Gasteiger partial charge in [-0.15, -0.1) is 0 Å². The molecule has 19 heavy (non-hydrogen) atoms. The van der Waals surface area contributed by atoms with E-state index in [1.54, 1.807) is 19.1 Å². The van der Waals surface area contributed by atoms with Crippen molar-refractivity contribution in [3.05, 3.63) is 23.4 Å². The van der Waals surface area contributed by atoms with Crippen molar-refractivity contribution in [3.63, 3.8) is 0 Å². The first-order valence-corrected chi connectivity index (χ1v) is 7.07. The van der Waals surface area contributed by atoms with E-state index in [0.29, 0.717) is 11.7 Å². The largest absolute Gasteiger partial charge is 0.478 e. The number of carboxylic acid groups (broad SMARTS) is 1. The minimum absolute atomic E-state index is 0.278. The molecule has 0 radical (unpaired) electrons. The zero-order chi connectivity index (χ0) is 13.8. The van der Waals surface area contributed by atoms with Crippen molar-refractivity contribution >= 4 is 11.8 Å². The molecule has 2 unspecified atom stereocenters. The number of aromatic nitrogens is 1. The van der Waals surface area contributed by atoms with Gasteiger partial charge in [-0.3, -0.25) is 0 Å². The third kappa shape index (κ3) is 3.46. The van der Waals surface area contributed by atoms with Gasteiger partial charge in [-0.2, -0.15) is 0 Å². The van der Waals surface area contributed by atoms with E-state index in [1.165, 1.54) is 32.1 Å². The highest BCUT2D eigenvalue weighted by Crippen LogP contribution is 2.28. The van der Waals surface area contributed by atoms with E-state index in [-0.39, 0.29) is 5.56 Å². The minimum Gasteiger partial charge on any atom is -0.478 e. The molecule has 1 fully saturated rings. The van der Waals surface area contributed by atoms with Gasteiger partial charge in [-0.05, 0) is 37.8 Å². The maximum absolute atomic E-state index is 10.9. The molecule has 4 heteroatoms. The number of aryl methyl sites for hydroxylation is 1.